The van der Waals surface area contributed by atoms with Gasteiger partial charge >= 0.3 is 5.69 Å². The van der Waals surface area contributed by atoms with E-state index in [0.29, 0.717) is 18.7 Å². The average Bonchev–Trinajstić information content (AvgIpc) is 3.45. The molecular formula is C22H20N4O4. The van der Waals surface area contributed by atoms with Gasteiger partial charge in [-0.25, -0.2) is 4.79 Å². The zero-order valence-electron chi connectivity index (χ0n) is 16.3. The number of aromatic amines is 2. The number of carbonyl (C=O) groups excluding carboxylic acids is 2. The summed E-state index contributed by atoms with van der Waals surface area (Å²) < 4.78 is 5.39. The van der Waals surface area contributed by atoms with E-state index >= 15 is 0 Å². The van der Waals surface area contributed by atoms with Gasteiger partial charge in [0.05, 0.1) is 13.2 Å². The van der Waals surface area contributed by atoms with E-state index in [1.807, 2.05) is 48.5 Å². The van der Waals surface area contributed by atoms with Crippen LogP contribution in [0.4, 0.5) is 5.69 Å². The van der Waals surface area contributed by atoms with Crippen molar-refractivity contribution in [1.29, 1.82) is 0 Å². The van der Waals surface area contributed by atoms with Crippen molar-refractivity contribution in [2.24, 2.45) is 0 Å². The number of amides is 2. The van der Waals surface area contributed by atoms with E-state index in [1.165, 1.54) is 6.20 Å². The Morgan fingerprint density at radius 3 is 2.77 bits per heavy atom. The molecule has 0 bridgehead atoms. The number of imidazole rings is 1. The van der Waals surface area contributed by atoms with Crippen molar-refractivity contribution in [2.75, 3.05) is 19.0 Å². The minimum atomic E-state index is -0.921. The molecule has 1 saturated heterocycles. The highest BCUT2D eigenvalue weighted by Crippen LogP contribution is 2.55. The van der Waals surface area contributed by atoms with Gasteiger partial charge in [-0.15, -0.1) is 0 Å². The molecular weight excluding hydrogens is 384 g/mol. The third-order valence-corrected chi connectivity index (χ3v) is 6.08. The first-order valence-corrected chi connectivity index (χ1v) is 9.68. The maximum Gasteiger partial charge on any atom is 0.323 e. The van der Waals surface area contributed by atoms with Gasteiger partial charge in [-0.3, -0.25) is 9.59 Å². The molecule has 2 amide bonds. The molecule has 152 valence electrons. The quantitative estimate of drug-likeness (QED) is 0.622. The number of hydrogen-bond acceptors (Lipinski definition) is 4. The topological polar surface area (TPSA) is 107 Å². The highest BCUT2D eigenvalue weighted by Gasteiger charge is 2.59. The summed E-state index contributed by atoms with van der Waals surface area (Å²) in [5.41, 5.74) is 1.23. The van der Waals surface area contributed by atoms with Gasteiger partial charge in [0.15, 0.2) is 0 Å². The molecule has 1 fully saturated rings. The van der Waals surface area contributed by atoms with Gasteiger partial charge in [0.25, 0.3) is 5.91 Å². The Morgan fingerprint density at radius 1 is 1.17 bits per heavy atom. The Hall–Kier alpha value is -3.81. The van der Waals surface area contributed by atoms with E-state index in [1.54, 1.807) is 12.0 Å². The van der Waals surface area contributed by atoms with Crippen LogP contribution in [0.2, 0.25) is 0 Å². The molecule has 2 atom stereocenters. The fraction of sp³-hybridized carbons (Fsp3) is 0.227. The van der Waals surface area contributed by atoms with Gasteiger partial charge in [-0.05, 0) is 35.7 Å². The lowest BCUT2D eigenvalue weighted by atomic mass is 9.72. The van der Waals surface area contributed by atoms with Crippen LogP contribution in [0.3, 0.4) is 0 Å². The number of likely N-dealkylation sites (tertiary alicyclic amines) is 1. The fourth-order valence-corrected chi connectivity index (χ4v) is 4.78. The Balaban J connectivity index is 1.69. The number of H-pyrrole nitrogens is 2. The summed E-state index contributed by atoms with van der Waals surface area (Å²) in [7, 11) is 1.58. The second-order valence-corrected chi connectivity index (χ2v) is 7.56. The Bertz CT molecular complexity index is 1210. The van der Waals surface area contributed by atoms with Crippen LogP contribution in [0.15, 0.2) is 59.5 Å². The van der Waals surface area contributed by atoms with Crippen molar-refractivity contribution in [2.45, 2.75) is 17.9 Å². The third kappa shape index (κ3) is 2.50. The van der Waals surface area contributed by atoms with E-state index in [0.717, 1.165) is 16.8 Å². The van der Waals surface area contributed by atoms with Crippen LogP contribution < -0.4 is 15.7 Å². The number of carbonyl (C=O) groups is 2. The Labute approximate surface area is 171 Å². The highest BCUT2D eigenvalue weighted by atomic mass is 16.5. The second kappa shape index (κ2) is 6.62. The summed E-state index contributed by atoms with van der Waals surface area (Å²) in [6.07, 6.45) is 1.83. The molecule has 0 saturated carbocycles. The number of rotatable bonds is 3. The second-order valence-electron chi connectivity index (χ2n) is 7.56. The average molecular weight is 404 g/mol. The molecule has 3 heterocycles. The first kappa shape index (κ1) is 18.2. The molecule has 1 spiro atoms. The lowest BCUT2D eigenvalue weighted by molar-refractivity contribution is -0.121. The normalized spacial score (nSPS) is 22.2. The number of methoxy groups -OCH3 is 1. The van der Waals surface area contributed by atoms with Crippen LogP contribution in [0.5, 0.6) is 5.75 Å². The molecule has 2 aliphatic rings. The molecule has 2 aromatic carbocycles. The number of aromatic nitrogens is 2. The molecule has 0 unspecified atom stereocenters. The van der Waals surface area contributed by atoms with Crippen molar-refractivity contribution in [3.63, 3.8) is 0 Å². The van der Waals surface area contributed by atoms with Gasteiger partial charge in [-0.1, -0.05) is 30.3 Å². The molecule has 8 nitrogen and oxygen atoms in total. The highest BCUT2D eigenvalue weighted by molar-refractivity contribution is 6.08. The van der Waals surface area contributed by atoms with Crippen molar-refractivity contribution in [3.05, 3.63) is 82.0 Å². The van der Waals surface area contributed by atoms with Crippen molar-refractivity contribution >= 4 is 17.5 Å². The minimum absolute atomic E-state index is 0.130. The van der Waals surface area contributed by atoms with Gasteiger partial charge in [-0.2, -0.15) is 0 Å². The molecule has 2 aliphatic heterocycles. The summed E-state index contributed by atoms with van der Waals surface area (Å²) in [6.45, 7) is 0.371. The zero-order chi connectivity index (χ0) is 20.9. The van der Waals surface area contributed by atoms with Crippen molar-refractivity contribution in [3.8, 4) is 5.75 Å². The maximum absolute atomic E-state index is 13.4. The number of anilines is 1. The minimum Gasteiger partial charge on any atom is -0.497 e. The molecule has 3 N–H and O–H groups in total. The van der Waals surface area contributed by atoms with Crippen LogP contribution in [0, 0.1) is 0 Å². The summed E-state index contributed by atoms with van der Waals surface area (Å²) in [6, 6.07) is 14.5. The molecule has 3 aromatic rings. The predicted molar refractivity (Wildman–Crippen MR) is 110 cm³/mol. The van der Waals surface area contributed by atoms with Gasteiger partial charge in [0.2, 0.25) is 5.91 Å². The number of nitrogens with zero attached hydrogens (tertiary/aromatic N) is 1. The predicted octanol–water partition coefficient (Wildman–Crippen LogP) is 2.19. The van der Waals surface area contributed by atoms with Crippen LogP contribution in [-0.2, 0) is 10.2 Å². The third-order valence-electron chi connectivity index (χ3n) is 6.08. The fourth-order valence-electron chi connectivity index (χ4n) is 4.78. The first-order valence-electron chi connectivity index (χ1n) is 9.68. The summed E-state index contributed by atoms with van der Waals surface area (Å²) in [4.78, 5) is 44.9. The van der Waals surface area contributed by atoms with Crippen LogP contribution in [0.25, 0.3) is 0 Å². The summed E-state index contributed by atoms with van der Waals surface area (Å²) in [5.74, 6) is 0.174. The molecule has 30 heavy (non-hydrogen) atoms. The number of benzene rings is 2. The van der Waals surface area contributed by atoms with Gasteiger partial charge < -0.3 is 24.9 Å². The van der Waals surface area contributed by atoms with E-state index < -0.39 is 17.1 Å². The molecule has 5 rings (SSSR count). The summed E-state index contributed by atoms with van der Waals surface area (Å²) in [5, 5.41) is 2.99. The molecule has 0 aliphatic carbocycles. The number of para-hydroxylation sites is 1. The lowest BCUT2D eigenvalue weighted by Crippen LogP contribution is -2.42. The first-order chi connectivity index (χ1) is 14.5. The Morgan fingerprint density at radius 2 is 2.00 bits per heavy atom. The molecule has 0 radical (unpaired) electrons. The SMILES string of the molecule is COc1cccc([C@@H]2N(C(=O)c3c[nH]c(=O)[nH]3)CC[C@]23C(=O)Nc2ccccc23)c1. The van der Waals surface area contributed by atoms with Crippen molar-refractivity contribution < 1.29 is 14.3 Å². The van der Waals surface area contributed by atoms with Crippen molar-refractivity contribution in [1.82, 2.24) is 14.9 Å². The van der Waals surface area contributed by atoms with E-state index in [9.17, 15) is 14.4 Å². The zero-order valence-corrected chi connectivity index (χ0v) is 16.3. The maximum atomic E-state index is 13.4. The smallest absolute Gasteiger partial charge is 0.323 e. The van der Waals surface area contributed by atoms with Crippen LogP contribution in [-0.4, -0.2) is 40.3 Å². The molecule has 8 heteroatoms. The lowest BCUT2D eigenvalue weighted by Gasteiger charge is -2.34. The van der Waals surface area contributed by atoms with Gasteiger partial charge in [0, 0.05) is 18.4 Å². The van der Waals surface area contributed by atoms with Gasteiger partial charge in [0.1, 0.15) is 16.9 Å². The van der Waals surface area contributed by atoms with E-state index in [2.05, 4.69) is 15.3 Å². The van der Waals surface area contributed by atoms with E-state index in [-0.39, 0.29) is 17.5 Å². The monoisotopic (exact) mass is 404 g/mol. The number of nitrogens with one attached hydrogen (secondary N) is 3. The number of fused-ring (bicyclic) bond motifs is 2. The van der Waals surface area contributed by atoms with Crippen LogP contribution >= 0.6 is 0 Å². The summed E-state index contributed by atoms with van der Waals surface area (Å²) >= 11 is 0. The number of hydrogen-bond donors (Lipinski definition) is 3. The van der Waals surface area contributed by atoms with Crippen LogP contribution in [0.1, 0.15) is 34.1 Å². The van der Waals surface area contributed by atoms with E-state index in [4.69, 9.17) is 4.74 Å². The standard InChI is InChI=1S/C22H20N4O4/c1-30-14-6-4-5-13(11-14)18-22(15-7-2-3-8-16(15)24-20(22)28)9-10-26(18)19(27)17-12-23-21(29)25-17/h2-8,11-12,18H,9-10H2,1H3,(H,24,28)(H2,23,25,29)/t18-,22+/m0/s1. The number of ether oxygens (including phenoxy) is 1. The Kier molecular flexibility index (Phi) is 4.02. The largest absolute Gasteiger partial charge is 0.497 e. The molecule has 1 aromatic heterocycles.